The van der Waals surface area contributed by atoms with Gasteiger partial charge in [-0.15, -0.1) is 0 Å². The molecule has 1 aromatic rings. The second-order valence-corrected chi connectivity index (χ2v) is 4.06. The molecule has 1 atom stereocenters. The van der Waals surface area contributed by atoms with Crippen LogP contribution in [0.25, 0.3) is 0 Å². The number of carbonyl (C=O) groups excluding carboxylic acids is 1. The maximum Gasteiger partial charge on any atom is 0.169 e. The van der Waals surface area contributed by atoms with E-state index in [-0.39, 0.29) is 11.9 Å². The molecule has 0 amide bonds. The molecule has 0 aliphatic carbocycles. The molecule has 17 heavy (non-hydrogen) atoms. The van der Waals surface area contributed by atoms with Gasteiger partial charge in [-0.05, 0) is 12.8 Å². The summed E-state index contributed by atoms with van der Waals surface area (Å²) in [7, 11) is 1.58. The molecule has 96 valence electrons. The van der Waals surface area contributed by atoms with Crippen LogP contribution in [0.15, 0.2) is 6.33 Å². The van der Waals surface area contributed by atoms with Crippen molar-refractivity contribution in [2.45, 2.75) is 52.2 Å². The molecule has 0 aliphatic heterocycles. The zero-order valence-electron chi connectivity index (χ0n) is 10.8. The van der Waals surface area contributed by atoms with Gasteiger partial charge < -0.3 is 4.74 Å². The maximum absolute atomic E-state index is 12.0. The number of ether oxygens (including phenoxy) is 1. The Hall–Kier alpha value is -1.23. The molecule has 5 nitrogen and oxygen atoms in total. The number of methoxy groups -OCH3 is 1. The number of aromatic nitrogens is 3. The van der Waals surface area contributed by atoms with E-state index in [0.29, 0.717) is 6.42 Å². The van der Waals surface area contributed by atoms with Crippen LogP contribution in [-0.2, 0) is 22.5 Å². The van der Waals surface area contributed by atoms with E-state index in [1.54, 1.807) is 11.8 Å². The average Bonchev–Trinajstić information content (AvgIpc) is 2.74. The van der Waals surface area contributed by atoms with E-state index in [4.69, 9.17) is 4.74 Å². The Bertz CT molecular complexity index is 349. The third-order valence-corrected chi connectivity index (χ3v) is 2.66. The van der Waals surface area contributed by atoms with Crippen molar-refractivity contribution in [1.82, 2.24) is 14.8 Å². The number of carbonyl (C=O) groups is 1. The molecular formula is C12H21N3O2. The lowest BCUT2D eigenvalue weighted by Gasteiger charge is -2.12. The topological polar surface area (TPSA) is 57.0 Å². The summed E-state index contributed by atoms with van der Waals surface area (Å²) in [5, 5.41) is 4.10. The zero-order valence-corrected chi connectivity index (χ0v) is 10.8. The van der Waals surface area contributed by atoms with Crippen LogP contribution in [0.5, 0.6) is 0 Å². The minimum absolute atomic E-state index is 0.0831. The normalized spacial score (nSPS) is 12.6. The predicted molar refractivity (Wildman–Crippen MR) is 64.7 cm³/mol. The third-order valence-electron chi connectivity index (χ3n) is 2.66. The van der Waals surface area contributed by atoms with Crippen LogP contribution in [0.3, 0.4) is 0 Å². The van der Waals surface area contributed by atoms with Gasteiger partial charge in [0.15, 0.2) is 5.78 Å². The summed E-state index contributed by atoms with van der Waals surface area (Å²) in [6.07, 6.45) is 4.17. The lowest BCUT2D eigenvalue weighted by molar-refractivity contribution is -0.128. The summed E-state index contributed by atoms with van der Waals surface area (Å²) < 4.78 is 6.98. The Labute approximate surface area is 102 Å². The lowest BCUT2D eigenvalue weighted by Crippen LogP contribution is -2.26. The number of nitrogens with zero attached hydrogens (tertiary/aromatic N) is 3. The van der Waals surface area contributed by atoms with E-state index < -0.39 is 0 Å². The second kappa shape index (κ2) is 7.17. The molecule has 0 aliphatic rings. The number of hydrogen-bond acceptors (Lipinski definition) is 4. The van der Waals surface area contributed by atoms with Crippen molar-refractivity contribution in [2.75, 3.05) is 7.11 Å². The third kappa shape index (κ3) is 3.93. The minimum atomic E-state index is -0.313. The number of aryl methyl sites for hydroxylation is 1. The standard InChI is InChI=1S/C12H21N3O2/c1-4-6-11(17-3)10(16)8-12-13-9-14-15(12)7-5-2/h9,11H,4-8H2,1-3H3. The molecule has 1 aromatic heterocycles. The fourth-order valence-corrected chi connectivity index (χ4v) is 1.77. The van der Waals surface area contributed by atoms with Gasteiger partial charge in [-0.2, -0.15) is 5.10 Å². The smallest absolute Gasteiger partial charge is 0.169 e. The number of Topliss-reactive ketones (excluding diaryl/α,β-unsaturated/α-hetero) is 1. The molecular weight excluding hydrogens is 218 g/mol. The van der Waals surface area contributed by atoms with Gasteiger partial charge in [0.25, 0.3) is 0 Å². The van der Waals surface area contributed by atoms with Crippen LogP contribution in [0.2, 0.25) is 0 Å². The maximum atomic E-state index is 12.0. The molecule has 1 unspecified atom stereocenters. The van der Waals surface area contributed by atoms with Gasteiger partial charge in [0.05, 0.1) is 6.42 Å². The highest BCUT2D eigenvalue weighted by molar-refractivity contribution is 5.84. The Kier molecular flexibility index (Phi) is 5.83. The number of rotatable bonds is 8. The molecule has 0 fully saturated rings. The summed E-state index contributed by atoms with van der Waals surface area (Å²) in [4.78, 5) is 16.1. The molecule has 0 radical (unpaired) electrons. The van der Waals surface area contributed by atoms with Gasteiger partial charge in [0.2, 0.25) is 0 Å². The highest BCUT2D eigenvalue weighted by Crippen LogP contribution is 2.07. The monoisotopic (exact) mass is 239 g/mol. The Balaban J connectivity index is 2.62. The molecule has 5 heteroatoms. The Morgan fingerprint density at radius 1 is 1.47 bits per heavy atom. The molecule has 0 saturated carbocycles. The van der Waals surface area contributed by atoms with Crippen molar-refractivity contribution >= 4 is 5.78 Å². The van der Waals surface area contributed by atoms with Crippen molar-refractivity contribution in [3.63, 3.8) is 0 Å². The first-order valence-corrected chi connectivity index (χ1v) is 6.15. The summed E-state index contributed by atoms with van der Waals surface area (Å²) >= 11 is 0. The van der Waals surface area contributed by atoms with Gasteiger partial charge in [-0.25, -0.2) is 9.67 Å². The van der Waals surface area contributed by atoms with Crippen LogP contribution in [0.1, 0.15) is 38.9 Å². The number of hydrogen-bond donors (Lipinski definition) is 0. The van der Waals surface area contributed by atoms with Crippen molar-refractivity contribution in [3.05, 3.63) is 12.2 Å². The van der Waals surface area contributed by atoms with E-state index in [1.807, 2.05) is 6.92 Å². The van der Waals surface area contributed by atoms with Gasteiger partial charge in [-0.1, -0.05) is 20.3 Å². The van der Waals surface area contributed by atoms with Crippen molar-refractivity contribution in [2.24, 2.45) is 0 Å². The van der Waals surface area contributed by atoms with E-state index in [9.17, 15) is 4.79 Å². The van der Waals surface area contributed by atoms with Crippen LogP contribution in [0.4, 0.5) is 0 Å². The summed E-state index contributed by atoms with van der Waals surface area (Å²) in [5.41, 5.74) is 0. The van der Waals surface area contributed by atoms with Crippen LogP contribution in [-0.4, -0.2) is 33.8 Å². The molecule has 0 saturated heterocycles. The van der Waals surface area contributed by atoms with Gasteiger partial charge >= 0.3 is 0 Å². The molecule has 0 N–H and O–H groups in total. The zero-order chi connectivity index (χ0) is 12.7. The van der Waals surface area contributed by atoms with E-state index in [0.717, 1.165) is 31.6 Å². The van der Waals surface area contributed by atoms with Crippen molar-refractivity contribution in [1.29, 1.82) is 0 Å². The summed E-state index contributed by atoms with van der Waals surface area (Å²) in [5.74, 6) is 0.815. The quantitative estimate of drug-likeness (QED) is 0.691. The van der Waals surface area contributed by atoms with E-state index in [1.165, 1.54) is 6.33 Å². The van der Waals surface area contributed by atoms with E-state index in [2.05, 4.69) is 17.0 Å². The largest absolute Gasteiger partial charge is 0.374 e. The van der Waals surface area contributed by atoms with E-state index >= 15 is 0 Å². The predicted octanol–water partition coefficient (Wildman–Crippen LogP) is 1.61. The number of ketones is 1. The van der Waals surface area contributed by atoms with Gasteiger partial charge in [0.1, 0.15) is 18.3 Å². The summed E-state index contributed by atoms with van der Waals surface area (Å²) in [6, 6.07) is 0. The first-order valence-electron chi connectivity index (χ1n) is 6.15. The fourth-order valence-electron chi connectivity index (χ4n) is 1.77. The van der Waals surface area contributed by atoms with Crippen LogP contribution < -0.4 is 0 Å². The molecule has 0 aromatic carbocycles. The fraction of sp³-hybridized carbons (Fsp3) is 0.750. The molecule has 1 rings (SSSR count). The van der Waals surface area contributed by atoms with Crippen molar-refractivity contribution in [3.8, 4) is 0 Å². The van der Waals surface area contributed by atoms with Crippen LogP contribution >= 0.6 is 0 Å². The minimum Gasteiger partial charge on any atom is -0.374 e. The molecule has 0 spiro atoms. The SMILES string of the molecule is CCCC(OC)C(=O)Cc1ncnn1CCC. The summed E-state index contributed by atoms with van der Waals surface area (Å²) in [6.45, 7) is 4.91. The molecule has 1 heterocycles. The lowest BCUT2D eigenvalue weighted by atomic mass is 10.1. The molecule has 0 bridgehead atoms. The van der Waals surface area contributed by atoms with Gasteiger partial charge in [0, 0.05) is 13.7 Å². The van der Waals surface area contributed by atoms with Crippen molar-refractivity contribution < 1.29 is 9.53 Å². The Morgan fingerprint density at radius 2 is 2.24 bits per heavy atom. The Morgan fingerprint density at radius 3 is 2.82 bits per heavy atom. The first-order chi connectivity index (χ1) is 8.22. The van der Waals surface area contributed by atoms with Gasteiger partial charge in [-0.3, -0.25) is 4.79 Å². The first kappa shape index (κ1) is 13.8. The highest BCUT2D eigenvalue weighted by Gasteiger charge is 2.19. The second-order valence-electron chi connectivity index (χ2n) is 4.06. The van der Waals surface area contributed by atoms with Crippen LogP contribution in [0, 0.1) is 0 Å². The average molecular weight is 239 g/mol. The highest BCUT2D eigenvalue weighted by atomic mass is 16.5.